The lowest BCUT2D eigenvalue weighted by molar-refractivity contribution is 0.220. The van der Waals surface area contributed by atoms with Crippen LogP contribution in [0.1, 0.15) is 22.8 Å². The molecule has 1 unspecified atom stereocenters. The number of nitrogens with one attached hydrogen (secondary N) is 1. The zero-order valence-corrected chi connectivity index (χ0v) is 18.4. The standard InChI is InChI=1S/C22H22BrClN2O3/c1-28-15-8-6-13(18(25)11-15)12-26-19-9-7-14(23)10-17(19)22(27)16-4-3-5-20(29-2)21(16)24/h3-11,22,26-27H,12,25H2,1-2H3. The number of ether oxygens (including phenoxy) is 2. The van der Waals surface area contributed by atoms with Crippen LogP contribution in [-0.4, -0.2) is 19.3 Å². The minimum Gasteiger partial charge on any atom is -0.497 e. The summed E-state index contributed by atoms with van der Waals surface area (Å²) in [6.07, 6.45) is -0.939. The normalized spacial score (nSPS) is 11.8. The monoisotopic (exact) mass is 476 g/mol. The minimum atomic E-state index is -0.939. The molecule has 7 heteroatoms. The van der Waals surface area contributed by atoms with E-state index in [0.29, 0.717) is 39.9 Å². The molecule has 152 valence electrons. The lowest BCUT2D eigenvalue weighted by Crippen LogP contribution is -2.09. The van der Waals surface area contributed by atoms with Crippen LogP contribution in [0.4, 0.5) is 11.4 Å². The Morgan fingerprint density at radius 1 is 1.07 bits per heavy atom. The van der Waals surface area contributed by atoms with Crippen LogP contribution in [0.5, 0.6) is 11.5 Å². The Bertz CT molecular complexity index is 1010. The summed E-state index contributed by atoms with van der Waals surface area (Å²) in [4.78, 5) is 0. The van der Waals surface area contributed by atoms with Gasteiger partial charge in [0.15, 0.2) is 0 Å². The van der Waals surface area contributed by atoms with Gasteiger partial charge in [0.25, 0.3) is 0 Å². The van der Waals surface area contributed by atoms with Crippen LogP contribution < -0.4 is 20.5 Å². The molecule has 0 heterocycles. The molecule has 0 spiro atoms. The van der Waals surface area contributed by atoms with Crippen molar-refractivity contribution in [2.45, 2.75) is 12.6 Å². The third-order valence-electron chi connectivity index (χ3n) is 4.64. The Morgan fingerprint density at radius 2 is 1.86 bits per heavy atom. The van der Waals surface area contributed by atoms with E-state index < -0.39 is 6.10 Å². The number of methoxy groups -OCH3 is 2. The average Bonchev–Trinajstić information content (AvgIpc) is 2.73. The maximum absolute atomic E-state index is 11.1. The quantitative estimate of drug-likeness (QED) is 0.397. The fraction of sp³-hybridized carbons (Fsp3) is 0.182. The van der Waals surface area contributed by atoms with E-state index in [4.69, 9.17) is 26.8 Å². The molecule has 0 radical (unpaired) electrons. The third-order valence-corrected chi connectivity index (χ3v) is 5.54. The number of benzene rings is 3. The minimum absolute atomic E-state index is 0.382. The first-order chi connectivity index (χ1) is 13.9. The van der Waals surface area contributed by atoms with E-state index in [9.17, 15) is 5.11 Å². The van der Waals surface area contributed by atoms with Crippen molar-refractivity contribution < 1.29 is 14.6 Å². The summed E-state index contributed by atoms with van der Waals surface area (Å²) in [6.45, 7) is 0.489. The van der Waals surface area contributed by atoms with Gasteiger partial charge in [-0.15, -0.1) is 0 Å². The Morgan fingerprint density at radius 3 is 2.55 bits per heavy atom. The first kappa shape index (κ1) is 21.3. The fourth-order valence-electron chi connectivity index (χ4n) is 3.04. The molecule has 3 rings (SSSR count). The Labute approximate surface area is 183 Å². The molecule has 0 saturated heterocycles. The highest BCUT2D eigenvalue weighted by Gasteiger charge is 2.20. The van der Waals surface area contributed by atoms with Gasteiger partial charge >= 0.3 is 0 Å². The van der Waals surface area contributed by atoms with Gasteiger partial charge in [0.05, 0.1) is 19.2 Å². The molecule has 0 fully saturated rings. The molecule has 4 N–H and O–H groups in total. The summed E-state index contributed by atoms with van der Waals surface area (Å²) in [7, 11) is 3.15. The van der Waals surface area contributed by atoms with Crippen LogP contribution in [0.2, 0.25) is 5.02 Å². The summed E-state index contributed by atoms with van der Waals surface area (Å²) in [5, 5.41) is 14.8. The molecule has 0 bridgehead atoms. The van der Waals surface area contributed by atoms with Gasteiger partial charge in [-0.1, -0.05) is 45.7 Å². The summed E-state index contributed by atoms with van der Waals surface area (Å²) in [5.41, 5.74) is 9.69. The largest absolute Gasteiger partial charge is 0.497 e. The molecule has 0 aliphatic heterocycles. The topological polar surface area (TPSA) is 76.7 Å². The maximum Gasteiger partial charge on any atom is 0.137 e. The van der Waals surface area contributed by atoms with Gasteiger partial charge in [-0.25, -0.2) is 0 Å². The SMILES string of the molecule is COc1ccc(CNc2ccc(Br)cc2C(O)c2cccc(OC)c2Cl)c(N)c1. The van der Waals surface area contributed by atoms with Crippen LogP contribution in [0.25, 0.3) is 0 Å². The second-order valence-corrected chi connectivity index (χ2v) is 7.71. The van der Waals surface area contributed by atoms with E-state index in [-0.39, 0.29) is 0 Å². The van der Waals surface area contributed by atoms with Gasteiger partial charge < -0.3 is 25.6 Å². The summed E-state index contributed by atoms with van der Waals surface area (Å²) in [6, 6.07) is 16.6. The van der Waals surface area contributed by atoms with Crippen molar-refractivity contribution in [3.63, 3.8) is 0 Å². The number of aliphatic hydroxyl groups is 1. The molecular weight excluding hydrogens is 456 g/mol. The summed E-state index contributed by atoms with van der Waals surface area (Å²) >= 11 is 9.90. The molecule has 29 heavy (non-hydrogen) atoms. The van der Waals surface area contributed by atoms with E-state index in [2.05, 4.69) is 21.2 Å². The molecule has 1 atom stereocenters. The average molecular weight is 478 g/mol. The van der Waals surface area contributed by atoms with Gasteiger partial charge in [0.2, 0.25) is 0 Å². The second kappa shape index (κ2) is 9.39. The van der Waals surface area contributed by atoms with E-state index >= 15 is 0 Å². The number of nitrogens with two attached hydrogens (primary N) is 1. The number of halogens is 2. The van der Waals surface area contributed by atoms with Crippen LogP contribution in [0, 0.1) is 0 Å². The molecule has 3 aromatic rings. The first-order valence-corrected chi connectivity index (χ1v) is 10.1. The molecule has 0 aliphatic carbocycles. The lowest BCUT2D eigenvalue weighted by atomic mass is 9.99. The lowest BCUT2D eigenvalue weighted by Gasteiger charge is -2.20. The van der Waals surface area contributed by atoms with Crippen LogP contribution in [0.3, 0.4) is 0 Å². The highest BCUT2D eigenvalue weighted by molar-refractivity contribution is 9.10. The number of rotatable bonds is 7. The summed E-state index contributed by atoms with van der Waals surface area (Å²) in [5.74, 6) is 1.22. The van der Waals surface area contributed by atoms with E-state index in [1.165, 1.54) is 0 Å². The van der Waals surface area contributed by atoms with Crippen molar-refractivity contribution in [2.24, 2.45) is 0 Å². The van der Waals surface area contributed by atoms with Crippen molar-refractivity contribution in [1.29, 1.82) is 0 Å². The van der Waals surface area contributed by atoms with Gasteiger partial charge in [0.1, 0.15) is 17.6 Å². The maximum atomic E-state index is 11.1. The number of hydrogen-bond acceptors (Lipinski definition) is 5. The molecule has 5 nitrogen and oxygen atoms in total. The number of aliphatic hydroxyl groups excluding tert-OH is 1. The predicted octanol–water partition coefficient (Wildman–Crippen LogP) is 5.40. The Hall–Kier alpha value is -2.41. The Kier molecular flexibility index (Phi) is 6.90. The van der Waals surface area contributed by atoms with Crippen LogP contribution >= 0.6 is 27.5 Å². The molecular formula is C22H22BrClN2O3. The number of nitrogen functional groups attached to an aromatic ring is 1. The molecule has 0 saturated carbocycles. The highest BCUT2D eigenvalue weighted by atomic mass is 79.9. The van der Waals surface area contributed by atoms with Crippen molar-refractivity contribution >= 4 is 38.9 Å². The van der Waals surface area contributed by atoms with Crippen LogP contribution in [0.15, 0.2) is 59.1 Å². The molecule has 0 amide bonds. The van der Waals surface area contributed by atoms with Crippen molar-refractivity contribution in [1.82, 2.24) is 0 Å². The highest BCUT2D eigenvalue weighted by Crippen LogP contribution is 2.38. The van der Waals surface area contributed by atoms with Gasteiger partial charge in [-0.2, -0.15) is 0 Å². The predicted molar refractivity (Wildman–Crippen MR) is 121 cm³/mol. The zero-order valence-electron chi connectivity index (χ0n) is 16.1. The van der Waals surface area contributed by atoms with Gasteiger partial charge in [-0.3, -0.25) is 0 Å². The van der Waals surface area contributed by atoms with Gasteiger partial charge in [-0.05, 0) is 35.9 Å². The fourth-order valence-corrected chi connectivity index (χ4v) is 3.72. The second-order valence-electron chi connectivity index (χ2n) is 6.42. The van der Waals surface area contributed by atoms with Crippen LogP contribution in [-0.2, 0) is 6.54 Å². The van der Waals surface area contributed by atoms with E-state index in [0.717, 1.165) is 15.7 Å². The summed E-state index contributed by atoms with van der Waals surface area (Å²) < 4.78 is 11.3. The van der Waals surface area contributed by atoms with E-state index in [1.54, 1.807) is 38.5 Å². The third kappa shape index (κ3) is 4.78. The van der Waals surface area contributed by atoms with Crippen molar-refractivity contribution in [3.05, 3.63) is 80.8 Å². The molecule has 3 aromatic carbocycles. The Balaban J connectivity index is 1.90. The van der Waals surface area contributed by atoms with Crippen molar-refractivity contribution in [2.75, 3.05) is 25.3 Å². The first-order valence-electron chi connectivity index (χ1n) is 8.90. The molecule has 0 aliphatic rings. The molecule has 0 aromatic heterocycles. The smallest absolute Gasteiger partial charge is 0.137 e. The van der Waals surface area contributed by atoms with Crippen molar-refractivity contribution in [3.8, 4) is 11.5 Å². The zero-order chi connectivity index (χ0) is 21.0. The van der Waals surface area contributed by atoms with Gasteiger partial charge in [0, 0.05) is 39.6 Å². The number of hydrogen-bond donors (Lipinski definition) is 3. The number of anilines is 2. The van der Waals surface area contributed by atoms with E-state index in [1.807, 2.05) is 30.3 Å².